The Morgan fingerprint density at radius 2 is 1.85 bits per heavy atom. The average molecular weight is 284 g/mol. The Labute approximate surface area is 121 Å². The zero-order valence-electron chi connectivity index (χ0n) is 11.4. The first kappa shape index (κ1) is 13.1. The molecule has 0 bridgehead atoms. The zero-order chi connectivity index (χ0) is 14.3. The fourth-order valence-corrected chi connectivity index (χ4v) is 3.22. The van der Waals surface area contributed by atoms with Crippen LogP contribution < -0.4 is 5.73 Å². The molecule has 0 radical (unpaired) electrons. The van der Waals surface area contributed by atoms with Gasteiger partial charge < -0.3 is 10.8 Å². The molecular formula is C16H16N2OS. The lowest BCUT2D eigenvalue weighted by Gasteiger charge is -2.19. The summed E-state index contributed by atoms with van der Waals surface area (Å²) in [5, 5.41) is 11.1. The SMILES string of the molecule is CC(C)(O)c1cc2sc(-c3ccccc3)nc2cc1N. The normalized spacial score (nSPS) is 11.9. The van der Waals surface area contributed by atoms with E-state index in [0.29, 0.717) is 5.69 Å². The smallest absolute Gasteiger partial charge is 0.124 e. The molecule has 3 aromatic rings. The lowest BCUT2D eigenvalue weighted by atomic mass is 9.96. The molecule has 1 heterocycles. The van der Waals surface area contributed by atoms with Crippen molar-refractivity contribution in [1.82, 2.24) is 4.98 Å². The molecule has 3 rings (SSSR count). The van der Waals surface area contributed by atoms with E-state index < -0.39 is 5.60 Å². The average Bonchev–Trinajstić information content (AvgIpc) is 2.80. The molecule has 102 valence electrons. The molecule has 0 amide bonds. The Morgan fingerprint density at radius 1 is 1.15 bits per heavy atom. The molecule has 2 aromatic carbocycles. The number of aromatic nitrogens is 1. The van der Waals surface area contributed by atoms with E-state index in [2.05, 4.69) is 4.98 Å². The van der Waals surface area contributed by atoms with Crippen LogP contribution in [0.1, 0.15) is 19.4 Å². The maximum atomic E-state index is 10.2. The van der Waals surface area contributed by atoms with Crippen LogP contribution in [0.5, 0.6) is 0 Å². The second-order valence-electron chi connectivity index (χ2n) is 5.35. The molecular weight excluding hydrogens is 268 g/mol. The largest absolute Gasteiger partial charge is 0.398 e. The van der Waals surface area contributed by atoms with Gasteiger partial charge in [-0.05, 0) is 26.0 Å². The lowest BCUT2D eigenvalue weighted by Crippen LogP contribution is -2.17. The minimum absolute atomic E-state index is 0.579. The van der Waals surface area contributed by atoms with Gasteiger partial charge in [-0.3, -0.25) is 0 Å². The van der Waals surface area contributed by atoms with E-state index in [0.717, 1.165) is 26.4 Å². The minimum Gasteiger partial charge on any atom is -0.398 e. The highest BCUT2D eigenvalue weighted by atomic mass is 32.1. The molecule has 1 aromatic heterocycles. The van der Waals surface area contributed by atoms with Crippen LogP contribution in [-0.4, -0.2) is 10.1 Å². The third kappa shape index (κ3) is 2.28. The van der Waals surface area contributed by atoms with Gasteiger partial charge in [0.2, 0.25) is 0 Å². The maximum absolute atomic E-state index is 10.2. The van der Waals surface area contributed by atoms with Crippen molar-refractivity contribution in [2.24, 2.45) is 0 Å². The van der Waals surface area contributed by atoms with Gasteiger partial charge in [-0.15, -0.1) is 11.3 Å². The van der Waals surface area contributed by atoms with Gasteiger partial charge in [0.1, 0.15) is 5.01 Å². The van der Waals surface area contributed by atoms with Gasteiger partial charge in [-0.1, -0.05) is 30.3 Å². The molecule has 0 aliphatic carbocycles. The molecule has 20 heavy (non-hydrogen) atoms. The van der Waals surface area contributed by atoms with Crippen LogP contribution in [0.25, 0.3) is 20.8 Å². The highest BCUT2D eigenvalue weighted by Gasteiger charge is 2.20. The number of aliphatic hydroxyl groups is 1. The van der Waals surface area contributed by atoms with Crippen molar-refractivity contribution < 1.29 is 5.11 Å². The van der Waals surface area contributed by atoms with Gasteiger partial charge in [0, 0.05) is 16.8 Å². The van der Waals surface area contributed by atoms with Crippen LogP contribution in [-0.2, 0) is 5.60 Å². The van der Waals surface area contributed by atoms with Crippen molar-refractivity contribution in [2.45, 2.75) is 19.4 Å². The Hall–Kier alpha value is -1.91. The van der Waals surface area contributed by atoms with Crippen molar-refractivity contribution in [3.63, 3.8) is 0 Å². The van der Waals surface area contributed by atoms with Crippen LogP contribution in [0, 0.1) is 0 Å². The third-order valence-corrected chi connectivity index (χ3v) is 4.31. The standard InChI is InChI=1S/C16H16N2OS/c1-16(2,19)11-8-14-13(9-12(11)17)18-15(20-14)10-6-4-3-5-7-10/h3-9,19H,17H2,1-2H3. The number of benzene rings is 2. The molecule has 0 aliphatic heterocycles. The van der Waals surface area contributed by atoms with E-state index in [1.165, 1.54) is 0 Å². The number of thiazole rings is 1. The fraction of sp³-hybridized carbons (Fsp3) is 0.188. The number of nitrogens with zero attached hydrogens (tertiary/aromatic N) is 1. The second kappa shape index (κ2) is 4.58. The summed E-state index contributed by atoms with van der Waals surface area (Å²) < 4.78 is 1.04. The summed E-state index contributed by atoms with van der Waals surface area (Å²) in [5.41, 5.74) is 8.37. The highest BCUT2D eigenvalue weighted by Crippen LogP contribution is 2.35. The first-order valence-electron chi connectivity index (χ1n) is 6.43. The van der Waals surface area contributed by atoms with Crippen LogP contribution in [0.3, 0.4) is 0 Å². The van der Waals surface area contributed by atoms with Crippen molar-refractivity contribution in [3.05, 3.63) is 48.0 Å². The third-order valence-electron chi connectivity index (χ3n) is 3.24. The highest BCUT2D eigenvalue weighted by molar-refractivity contribution is 7.21. The van der Waals surface area contributed by atoms with Crippen LogP contribution >= 0.6 is 11.3 Å². The van der Waals surface area contributed by atoms with Gasteiger partial charge in [0.25, 0.3) is 0 Å². The van der Waals surface area contributed by atoms with E-state index >= 15 is 0 Å². The van der Waals surface area contributed by atoms with Gasteiger partial charge in [-0.25, -0.2) is 4.98 Å². The van der Waals surface area contributed by atoms with Gasteiger partial charge in [0.15, 0.2) is 0 Å². The first-order valence-corrected chi connectivity index (χ1v) is 7.25. The van der Waals surface area contributed by atoms with Crippen LogP contribution in [0.4, 0.5) is 5.69 Å². The van der Waals surface area contributed by atoms with Gasteiger partial charge in [0.05, 0.1) is 15.8 Å². The molecule has 4 heteroatoms. The predicted octanol–water partition coefficient (Wildman–Crippen LogP) is 3.77. The molecule has 0 atom stereocenters. The molecule has 0 unspecified atom stereocenters. The minimum atomic E-state index is -0.949. The quantitative estimate of drug-likeness (QED) is 0.704. The maximum Gasteiger partial charge on any atom is 0.124 e. The summed E-state index contributed by atoms with van der Waals surface area (Å²) in [6.07, 6.45) is 0. The molecule has 0 fully saturated rings. The number of nitrogens with two attached hydrogens (primary N) is 1. The number of hydrogen-bond acceptors (Lipinski definition) is 4. The van der Waals surface area contributed by atoms with Crippen molar-refractivity contribution >= 4 is 27.2 Å². The monoisotopic (exact) mass is 284 g/mol. The van der Waals surface area contributed by atoms with E-state index in [4.69, 9.17) is 5.73 Å². The number of nitrogen functional groups attached to an aromatic ring is 1. The van der Waals surface area contributed by atoms with E-state index in [9.17, 15) is 5.11 Å². The van der Waals surface area contributed by atoms with E-state index in [1.807, 2.05) is 42.5 Å². The predicted molar refractivity (Wildman–Crippen MR) is 84.7 cm³/mol. The molecule has 3 nitrogen and oxygen atoms in total. The lowest BCUT2D eigenvalue weighted by molar-refractivity contribution is 0.0795. The zero-order valence-corrected chi connectivity index (χ0v) is 12.2. The summed E-state index contributed by atoms with van der Waals surface area (Å²) >= 11 is 1.61. The van der Waals surface area contributed by atoms with Gasteiger partial charge >= 0.3 is 0 Å². The summed E-state index contributed by atoms with van der Waals surface area (Å²) in [5.74, 6) is 0. The Bertz CT molecular complexity index is 757. The summed E-state index contributed by atoms with van der Waals surface area (Å²) in [6.45, 7) is 3.48. The van der Waals surface area contributed by atoms with E-state index in [-0.39, 0.29) is 0 Å². The number of rotatable bonds is 2. The number of hydrogen-bond donors (Lipinski definition) is 2. The summed E-state index contributed by atoms with van der Waals surface area (Å²) in [6, 6.07) is 13.8. The van der Waals surface area contributed by atoms with Crippen LogP contribution in [0.15, 0.2) is 42.5 Å². The molecule has 0 saturated heterocycles. The van der Waals surface area contributed by atoms with E-state index in [1.54, 1.807) is 25.2 Å². The topological polar surface area (TPSA) is 59.1 Å². The molecule has 0 saturated carbocycles. The Balaban J connectivity index is 2.17. The van der Waals surface area contributed by atoms with Crippen molar-refractivity contribution in [1.29, 1.82) is 0 Å². The fourth-order valence-electron chi connectivity index (χ4n) is 2.22. The number of fused-ring (bicyclic) bond motifs is 1. The molecule has 0 spiro atoms. The second-order valence-corrected chi connectivity index (χ2v) is 6.38. The summed E-state index contributed by atoms with van der Waals surface area (Å²) in [7, 11) is 0. The Morgan fingerprint density at radius 3 is 2.50 bits per heavy atom. The van der Waals surface area contributed by atoms with Gasteiger partial charge in [-0.2, -0.15) is 0 Å². The van der Waals surface area contributed by atoms with Crippen LogP contribution in [0.2, 0.25) is 0 Å². The van der Waals surface area contributed by atoms with Crippen molar-refractivity contribution in [2.75, 3.05) is 5.73 Å². The summed E-state index contributed by atoms with van der Waals surface area (Å²) in [4.78, 5) is 4.62. The molecule has 0 aliphatic rings. The van der Waals surface area contributed by atoms with Crippen molar-refractivity contribution in [3.8, 4) is 10.6 Å². The number of anilines is 1. The molecule has 3 N–H and O–H groups in total. The Kier molecular flexibility index (Phi) is 3.00. The first-order chi connectivity index (χ1) is 9.45.